The molecule has 3 unspecified atom stereocenters. The number of hydrogen-bond acceptors (Lipinski definition) is 4. The van der Waals surface area contributed by atoms with E-state index in [1.807, 2.05) is 54.3 Å². The summed E-state index contributed by atoms with van der Waals surface area (Å²) in [6.07, 6.45) is 4.34. The Morgan fingerprint density at radius 2 is 1.75 bits per heavy atom. The lowest BCUT2D eigenvalue weighted by Crippen LogP contribution is -2.39. The predicted molar refractivity (Wildman–Crippen MR) is 121 cm³/mol. The van der Waals surface area contributed by atoms with E-state index in [-0.39, 0.29) is 29.5 Å². The number of amides is 1. The van der Waals surface area contributed by atoms with Gasteiger partial charge in [-0.2, -0.15) is 0 Å². The SMILES string of the molecule is CCOc1ccc(C2C3=C(OC4CCCCC4C3=O)C(=O)N2CCc2ccccc2)cc1. The minimum absolute atomic E-state index is 0.102. The third kappa shape index (κ3) is 3.70. The van der Waals surface area contributed by atoms with Gasteiger partial charge in [0.1, 0.15) is 11.9 Å². The molecule has 1 aliphatic carbocycles. The molecule has 0 N–H and O–H groups in total. The molecule has 2 heterocycles. The summed E-state index contributed by atoms with van der Waals surface area (Å²) < 4.78 is 11.8. The molecule has 1 amide bonds. The molecule has 32 heavy (non-hydrogen) atoms. The number of nitrogens with zero attached hydrogens (tertiary/aromatic N) is 1. The van der Waals surface area contributed by atoms with Crippen LogP contribution < -0.4 is 4.74 Å². The minimum Gasteiger partial charge on any atom is -0.494 e. The normalized spacial score (nSPS) is 24.8. The van der Waals surface area contributed by atoms with E-state index in [4.69, 9.17) is 9.47 Å². The lowest BCUT2D eigenvalue weighted by molar-refractivity contribution is -0.135. The van der Waals surface area contributed by atoms with Crippen molar-refractivity contribution in [3.8, 4) is 5.75 Å². The van der Waals surface area contributed by atoms with Crippen LogP contribution in [0.3, 0.4) is 0 Å². The topological polar surface area (TPSA) is 55.8 Å². The lowest BCUT2D eigenvalue weighted by atomic mass is 9.77. The monoisotopic (exact) mass is 431 g/mol. The molecule has 166 valence electrons. The highest BCUT2D eigenvalue weighted by Crippen LogP contribution is 2.46. The van der Waals surface area contributed by atoms with Crippen LogP contribution in [-0.2, 0) is 20.7 Å². The first-order valence-electron chi connectivity index (χ1n) is 11.7. The zero-order valence-electron chi connectivity index (χ0n) is 18.5. The van der Waals surface area contributed by atoms with E-state index in [0.29, 0.717) is 18.7 Å². The van der Waals surface area contributed by atoms with Crippen LogP contribution >= 0.6 is 0 Å². The van der Waals surface area contributed by atoms with Gasteiger partial charge in [-0.05, 0) is 55.9 Å². The smallest absolute Gasteiger partial charge is 0.290 e. The van der Waals surface area contributed by atoms with Gasteiger partial charge in [-0.3, -0.25) is 9.59 Å². The van der Waals surface area contributed by atoms with Crippen molar-refractivity contribution in [3.63, 3.8) is 0 Å². The second-order valence-electron chi connectivity index (χ2n) is 8.79. The number of Topliss-reactive ketones (excluding diaryl/α,β-unsaturated/α-hetero) is 1. The Balaban J connectivity index is 1.50. The summed E-state index contributed by atoms with van der Waals surface area (Å²) in [5.41, 5.74) is 2.64. The fraction of sp³-hybridized carbons (Fsp3) is 0.407. The number of ether oxygens (including phenoxy) is 2. The molecule has 5 rings (SSSR count). The largest absolute Gasteiger partial charge is 0.494 e. The van der Waals surface area contributed by atoms with Crippen LogP contribution in [0.4, 0.5) is 0 Å². The van der Waals surface area contributed by atoms with E-state index < -0.39 is 6.04 Å². The molecular weight excluding hydrogens is 402 g/mol. The van der Waals surface area contributed by atoms with Crippen molar-refractivity contribution in [1.82, 2.24) is 4.90 Å². The molecule has 5 heteroatoms. The van der Waals surface area contributed by atoms with Crippen molar-refractivity contribution < 1.29 is 19.1 Å². The van der Waals surface area contributed by atoms with Crippen molar-refractivity contribution >= 4 is 11.7 Å². The van der Waals surface area contributed by atoms with Gasteiger partial charge in [-0.25, -0.2) is 0 Å². The third-order valence-electron chi connectivity index (χ3n) is 6.85. The summed E-state index contributed by atoms with van der Waals surface area (Å²) in [6, 6.07) is 17.5. The highest BCUT2D eigenvalue weighted by atomic mass is 16.5. The van der Waals surface area contributed by atoms with E-state index in [1.165, 1.54) is 0 Å². The summed E-state index contributed by atoms with van der Waals surface area (Å²) in [5, 5.41) is 0. The molecule has 2 aromatic rings. The van der Waals surface area contributed by atoms with E-state index >= 15 is 0 Å². The van der Waals surface area contributed by atoms with Gasteiger partial charge < -0.3 is 14.4 Å². The summed E-state index contributed by atoms with van der Waals surface area (Å²) >= 11 is 0. The molecule has 0 aromatic heterocycles. The van der Waals surface area contributed by atoms with Gasteiger partial charge in [0, 0.05) is 6.54 Å². The van der Waals surface area contributed by atoms with Gasteiger partial charge in [-0.1, -0.05) is 48.9 Å². The molecule has 0 spiro atoms. The summed E-state index contributed by atoms with van der Waals surface area (Å²) in [6.45, 7) is 3.07. The Kier molecular flexibility index (Phi) is 5.73. The molecule has 0 radical (unpaired) electrons. The average Bonchev–Trinajstić information content (AvgIpc) is 3.11. The van der Waals surface area contributed by atoms with E-state index in [2.05, 4.69) is 12.1 Å². The molecule has 0 saturated heterocycles. The Morgan fingerprint density at radius 3 is 2.50 bits per heavy atom. The van der Waals surface area contributed by atoms with Crippen LogP contribution in [0.25, 0.3) is 0 Å². The first-order chi connectivity index (χ1) is 15.7. The maximum Gasteiger partial charge on any atom is 0.290 e. The van der Waals surface area contributed by atoms with Crippen LogP contribution in [0.15, 0.2) is 65.9 Å². The number of carbonyl (C=O) groups excluding carboxylic acids is 2. The standard InChI is InChI=1S/C27H29NO4/c1-2-31-20-14-12-19(13-15-20)24-23-25(29)21-10-6-7-11-22(21)32-26(23)27(30)28(24)17-16-18-8-4-3-5-9-18/h3-5,8-9,12-15,21-22,24H,2,6-7,10-11,16-17H2,1H3. The number of fused-ring (bicyclic) bond motifs is 1. The van der Waals surface area contributed by atoms with E-state index in [0.717, 1.165) is 49.0 Å². The van der Waals surface area contributed by atoms with Gasteiger partial charge in [0.2, 0.25) is 0 Å². The molecule has 5 nitrogen and oxygen atoms in total. The highest BCUT2D eigenvalue weighted by Gasteiger charge is 2.51. The molecule has 3 atom stereocenters. The van der Waals surface area contributed by atoms with Gasteiger partial charge in [-0.15, -0.1) is 0 Å². The van der Waals surface area contributed by atoms with Gasteiger partial charge >= 0.3 is 0 Å². The van der Waals surface area contributed by atoms with Crippen LogP contribution in [0, 0.1) is 5.92 Å². The molecule has 2 aromatic carbocycles. The summed E-state index contributed by atoms with van der Waals surface area (Å²) in [5.74, 6) is 0.876. The molecule has 0 bridgehead atoms. The second-order valence-corrected chi connectivity index (χ2v) is 8.79. The van der Waals surface area contributed by atoms with Crippen molar-refractivity contribution in [3.05, 3.63) is 77.1 Å². The van der Waals surface area contributed by atoms with Crippen LogP contribution in [0.1, 0.15) is 49.8 Å². The van der Waals surface area contributed by atoms with E-state index in [1.54, 1.807) is 0 Å². The van der Waals surface area contributed by atoms with E-state index in [9.17, 15) is 9.59 Å². The quantitative estimate of drug-likeness (QED) is 0.670. The number of carbonyl (C=O) groups is 2. The Hall–Kier alpha value is -3.08. The van der Waals surface area contributed by atoms with Crippen LogP contribution in [0.2, 0.25) is 0 Å². The Morgan fingerprint density at radius 1 is 1.00 bits per heavy atom. The fourth-order valence-corrected chi connectivity index (χ4v) is 5.28. The highest BCUT2D eigenvalue weighted by molar-refractivity contribution is 6.11. The lowest BCUT2D eigenvalue weighted by Gasteiger charge is -2.35. The Labute approximate surface area is 189 Å². The Bertz CT molecular complexity index is 1030. The molecule has 3 aliphatic rings. The summed E-state index contributed by atoms with van der Waals surface area (Å²) in [4.78, 5) is 28.9. The number of hydrogen-bond donors (Lipinski definition) is 0. The number of benzene rings is 2. The first-order valence-corrected chi connectivity index (χ1v) is 11.7. The number of ketones is 1. The average molecular weight is 432 g/mol. The zero-order valence-corrected chi connectivity index (χ0v) is 18.5. The maximum absolute atomic E-state index is 13.6. The predicted octanol–water partition coefficient (Wildman–Crippen LogP) is 4.62. The fourth-order valence-electron chi connectivity index (χ4n) is 5.28. The second kappa shape index (κ2) is 8.81. The molecule has 1 saturated carbocycles. The maximum atomic E-state index is 13.6. The van der Waals surface area contributed by atoms with Crippen LogP contribution in [0.5, 0.6) is 5.75 Å². The van der Waals surface area contributed by atoms with Gasteiger partial charge in [0.15, 0.2) is 11.5 Å². The zero-order chi connectivity index (χ0) is 22.1. The minimum atomic E-state index is -0.410. The first kappa shape index (κ1) is 20.8. The van der Waals surface area contributed by atoms with Crippen molar-refractivity contribution in [2.24, 2.45) is 5.92 Å². The number of rotatable bonds is 6. The molecule has 1 fully saturated rings. The van der Waals surface area contributed by atoms with Gasteiger partial charge in [0.25, 0.3) is 5.91 Å². The van der Waals surface area contributed by atoms with Crippen molar-refractivity contribution in [2.75, 3.05) is 13.2 Å². The van der Waals surface area contributed by atoms with Crippen molar-refractivity contribution in [1.29, 1.82) is 0 Å². The van der Waals surface area contributed by atoms with Crippen LogP contribution in [-0.4, -0.2) is 35.8 Å². The molecular formula is C27H29NO4. The molecule has 2 aliphatic heterocycles. The van der Waals surface area contributed by atoms with Gasteiger partial charge in [0.05, 0.1) is 24.1 Å². The third-order valence-corrected chi connectivity index (χ3v) is 6.85. The summed E-state index contributed by atoms with van der Waals surface area (Å²) in [7, 11) is 0. The van der Waals surface area contributed by atoms with Crippen molar-refractivity contribution in [2.45, 2.75) is 51.2 Å².